The summed E-state index contributed by atoms with van der Waals surface area (Å²) in [6.07, 6.45) is -0.327. The van der Waals surface area contributed by atoms with Crippen molar-refractivity contribution in [3.8, 4) is 11.9 Å². The van der Waals surface area contributed by atoms with E-state index in [1.165, 1.54) is 0 Å². The van der Waals surface area contributed by atoms with Crippen LogP contribution in [0.15, 0.2) is 77.8 Å². The van der Waals surface area contributed by atoms with E-state index in [-0.39, 0.29) is 24.4 Å². The number of piperazine rings is 1. The van der Waals surface area contributed by atoms with Crippen molar-refractivity contribution in [2.24, 2.45) is 4.99 Å². The number of H-pyrrole nitrogens is 1. The van der Waals surface area contributed by atoms with Crippen molar-refractivity contribution >= 4 is 40.0 Å². The number of rotatable bonds is 6. The number of aromatic amines is 1. The fraction of sp³-hybridized carbons (Fsp3) is 0.294. The van der Waals surface area contributed by atoms with Crippen molar-refractivity contribution in [3.63, 3.8) is 0 Å². The molecule has 0 aliphatic carbocycles. The lowest BCUT2D eigenvalue weighted by Gasteiger charge is -2.35. The van der Waals surface area contributed by atoms with E-state index < -0.39 is 5.60 Å². The number of nitriles is 1. The Morgan fingerprint density at radius 1 is 1.02 bits per heavy atom. The van der Waals surface area contributed by atoms with E-state index in [1.807, 2.05) is 80.3 Å². The van der Waals surface area contributed by atoms with Gasteiger partial charge in [0, 0.05) is 49.9 Å². The smallest absolute Gasteiger partial charge is 0.410 e. The van der Waals surface area contributed by atoms with Crippen molar-refractivity contribution in [2.75, 3.05) is 44.7 Å². The van der Waals surface area contributed by atoms with Crippen LogP contribution in [0.4, 0.5) is 16.2 Å². The summed E-state index contributed by atoms with van der Waals surface area (Å²) in [7, 11) is 1.74. The summed E-state index contributed by atoms with van der Waals surface area (Å²) in [5, 5.41) is 21.0. The molecule has 0 bridgehead atoms. The number of aromatic nitrogens is 1. The van der Waals surface area contributed by atoms with E-state index in [9.17, 15) is 20.0 Å². The van der Waals surface area contributed by atoms with Crippen LogP contribution in [-0.2, 0) is 9.53 Å². The third-order valence-electron chi connectivity index (χ3n) is 7.43. The molecular formula is C34H36N6O4. The van der Waals surface area contributed by atoms with E-state index in [2.05, 4.69) is 11.1 Å². The number of benzene rings is 3. The van der Waals surface area contributed by atoms with Gasteiger partial charge in [0.1, 0.15) is 5.60 Å². The molecule has 1 fully saturated rings. The van der Waals surface area contributed by atoms with Crippen LogP contribution in [0.2, 0.25) is 0 Å². The van der Waals surface area contributed by atoms with Gasteiger partial charge in [0.2, 0.25) is 5.91 Å². The summed E-state index contributed by atoms with van der Waals surface area (Å²) in [5.41, 5.74) is 3.88. The zero-order chi connectivity index (χ0) is 31.4. The molecule has 4 aromatic rings. The number of likely N-dealkylation sites (N-methyl/N-ethyl adjacent to an activating group) is 1. The van der Waals surface area contributed by atoms with Crippen LogP contribution < -0.4 is 4.90 Å². The molecule has 1 aliphatic rings. The number of fused-ring (bicyclic) bond motifs is 1. The van der Waals surface area contributed by atoms with Gasteiger partial charge in [-0.1, -0.05) is 36.4 Å². The lowest BCUT2D eigenvalue weighted by molar-refractivity contribution is -0.119. The number of nitrogens with one attached hydrogen (secondary N) is 1. The zero-order valence-corrected chi connectivity index (χ0v) is 25.4. The van der Waals surface area contributed by atoms with Crippen LogP contribution in [-0.4, -0.2) is 83.0 Å². The van der Waals surface area contributed by atoms with E-state index in [1.54, 1.807) is 35.0 Å². The quantitative estimate of drug-likeness (QED) is 0.288. The minimum Gasteiger partial charge on any atom is -0.494 e. The third-order valence-corrected chi connectivity index (χ3v) is 7.43. The molecule has 5 rings (SSSR count). The number of aliphatic imine (C=N–C) groups is 1. The number of amides is 2. The molecule has 0 saturated carbocycles. The highest BCUT2D eigenvalue weighted by molar-refractivity contribution is 6.22. The standard InChI is InChI=1S/C34H36N6O4/c1-34(2,3)44-33(43)40-18-16-39(17-19-40)22-29(41)38(4)26-13-11-25(12-14-26)36-31(24-8-6-5-7-9-24)30-27-15-10-23(21-35)20-28(27)37-32(30)42/h5-15,20,37,42H,16-19,22H2,1-4H3. The van der Waals surface area contributed by atoms with Crippen LogP contribution in [0.25, 0.3) is 10.9 Å². The molecule has 1 saturated heterocycles. The Balaban J connectivity index is 1.31. The SMILES string of the molecule is CN(C(=O)CN1CCN(C(=O)OC(C)(C)C)CC1)c1ccc(N=C(c2ccccc2)c2c(O)[nH]c3cc(C#N)ccc23)cc1. The lowest BCUT2D eigenvalue weighted by atomic mass is 10.00. The van der Waals surface area contributed by atoms with Gasteiger partial charge in [-0.15, -0.1) is 0 Å². The maximum absolute atomic E-state index is 13.1. The number of ether oxygens (including phenoxy) is 1. The molecule has 2 heterocycles. The molecule has 10 heteroatoms. The van der Waals surface area contributed by atoms with Crippen LogP contribution in [0.1, 0.15) is 37.5 Å². The van der Waals surface area contributed by atoms with E-state index >= 15 is 0 Å². The molecule has 1 aromatic heterocycles. The minimum atomic E-state index is -0.543. The van der Waals surface area contributed by atoms with Gasteiger partial charge in [-0.25, -0.2) is 9.79 Å². The molecule has 0 spiro atoms. The van der Waals surface area contributed by atoms with Gasteiger partial charge in [-0.05, 0) is 57.2 Å². The molecular weight excluding hydrogens is 556 g/mol. The minimum absolute atomic E-state index is 0.0356. The van der Waals surface area contributed by atoms with Crippen molar-refractivity contribution < 1.29 is 19.4 Å². The number of nitrogens with zero attached hydrogens (tertiary/aromatic N) is 5. The Morgan fingerprint density at radius 3 is 2.34 bits per heavy atom. The molecule has 3 aromatic carbocycles. The van der Waals surface area contributed by atoms with Crippen LogP contribution in [0, 0.1) is 11.3 Å². The Morgan fingerprint density at radius 2 is 1.70 bits per heavy atom. The predicted molar refractivity (Wildman–Crippen MR) is 171 cm³/mol. The van der Waals surface area contributed by atoms with Crippen molar-refractivity contribution in [1.29, 1.82) is 5.26 Å². The number of hydrogen-bond donors (Lipinski definition) is 2. The highest BCUT2D eigenvalue weighted by Gasteiger charge is 2.27. The van der Waals surface area contributed by atoms with Gasteiger partial charge in [0.25, 0.3) is 0 Å². The second-order valence-electron chi connectivity index (χ2n) is 11.8. The first kappa shape index (κ1) is 30.3. The molecule has 1 aliphatic heterocycles. The zero-order valence-electron chi connectivity index (χ0n) is 25.4. The number of aromatic hydroxyl groups is 1. The summed E-state index contributed by atoms with van der Waals surface area (Å²) in [6.45, 7) is 7.97. The van der Waals surface area contributed by atoms with E-state index in [0.29, 0.717) is 54.2 Å². The average molecular weight is 593 g/mol. The molecule has 2 amide bonds. The molecule has 0 atom stereocenters. The molecule has 226 valence electrons. The van der Waals surface area contributed by atoms with Crippen molar-refractivity contribution in [1.82, 2.24) is 14.8 Å². The summed E-state index contributed by atoms with van der Waals surface area (Å²) < 4.78 is 5.46. The van der Waals surface area contributed by atoms with Gasteiger partial charge in [0.05, 0.1) is 40.7 Å². The van der Waals surface area contributed by atoms with Gasteiger partial charge in [-0.2, -0.15) is 5.26 Å². The predicted octanol–water partition coefficient (Wildman–Crippen LogP) is 5.43. The maximum Gasteiger partial charge on any atom is 0.410 e. The normalized spacial score (nSPS) is 14.3. The van der Waals surface area contributed by atoms with Gasteiger partial charge in [0.15, 0.2) is 5.88 Å². The highest BCUT2D eigenvalue weighted by atomic mass is 16.6. The van der Waals surface area contributed by atoms with Crippen molar-refractivity contribution in [2.45, 2.75) is 26.4 Å². The number of hydrogen-bond acceptors (Lipinski definition) is 7. The first-order valence-corrected chi connectivity index (χ1v) is 14.5. The Kier molecular flexibility index (Phi) is 8.69. The van der Waals surface area contributed by atoms with Crippen LogP contribution >= 0.6 is 0 Å². The van der Waals surface area contributed by atoms with E-state index in [0.717, 1.165) is 16.6 Å². The third kappa shape index (κ3) is 6.90. The first-order chi connectivity index (χ1) is 21.0. The summed E-state index contributed by atoms with van der Waals surface area (Å²) in [4.78, 5) is 38.7. The van der Waals surface area contributed by atoms with Gasteiger partial charge in [-0.3, -0.25) is 9.69 Å². The van der Waals surface area contributed by atoms with Crippen molar-refractivity contribution in [3.05, 3.63) is 89.5 Å². The van der Waals surface area contributed by atoms with Gasteiger partial charge < -0.3 is 24.6 Å². The summed E-state index contributed by atoms with van der Waals surface area (Å²) >= 11 is 0. The fourth-order valence-electron chi connectivity index (χ4n) is 5.09. The molecule has 0 unspecified atom stereocenters. The van der Waals surface area contributed by atoms with Crippen LogP contribution in [0.3, 0.4) is 0 Å². The van der Waals surface area contributed by atoms with Gasteiger partial charge >= 0.3 is 6.09 Å². The van der Waals surface area contributed by atoms with E-state index in [4.69, 9.17) is 9.73 Å². The Bertz CT molecular complexity index is 1720. The summed E-state index contributed by atoms with van der Waals surface area (Å²) in [6, 6.07) is 24.3. The highest BCUT2D eigenvalue weighted by Crippen LogP contribution is 2.32. The topological polar surface area (TPSA) is 125 Å². The largest absolute Gasteiger partial charge is 0.494 e. The second-order valence-corrected chi connectivity index (χ2v) is 11.8. The Labute approximate surface area is 256 Å². The average Bonchev–Trinajstić information content (AvgIpc) is 3.34. The van der Waals surface area contributed by atoms with Crippen LogP contribution in [0.5, 0.6) is 5.88 Å². The fourth-order valence-corrected chi connectivity index (χ4v) is 5.09. The second kappa shape index (κ2) is 12.6. The monoisotopic (exact) mass is 592 g/mol. The molecule has 44 heavy (non-hydrogen) atoms. The number of carbonyl (C=O) groups is 2. The number of anilines is 1. The Hall–Kier alpha value is -5.14. The molecule has 10 nitrogen and oxygen atoms in total. The number of carbonyl (C=O) groups excluding carboxylic acids is 2. The molecule has 2 N–H and O–H groups in total. The maximum atomic E-state index is 13.1. The summed E-state index contributed by atoms with van der Waals surface area (Å²) in [5.74, 6) is -0.0935. The molecule has 0 radical (unpaired) electrons. The first-order valence-electron chi connectivity index (χ1n) is 14.5. The lowest BCUT2D eigenvalue weighted by Crippen LogP contribution is -2.52.